The Bertz CT molecular complexity index is 58.6. The molecule has 0 atom stereocenters. The molecular formula is C6H19N2O+. The summed E-state index contributed by atoms with van der Waals surface area (Å²) in [7, 11) is 6.36. The minimum Gasteiger partial charge on any atom is -0.412 e. The number of nitrogens with zero attached hydrogens (tertiary/aromatic N) is 1. The minimum absolute atomic E-state index is 0. The molecule has 0 bridgehead atoms. The lowest BCUT2D eigenvalue weighted by Gasteiger charge is -2.23. The first-order valence-corrected chi connectivity index (χ1v) is 3.13. The Labute approximate surface area is 57.5 Å². The maximum atomic E-state index is 3.31. The summed E-state index contributed by atoms with van der Waals surface area (Å²) < 4.78 is 0.855. The van der Waals surface area contributed by atoms with Gasteiger partial charge in [-0.15, -0.1) is 0 Å². The highest BCUT2D eigenvalue weighted by atomic mass is 16.0. The van der Waals surface area contributed by atoms with E-state index in [0.29, 0.717) is 0 Å². The second-order valence-corrected chi connectivity index (χ2v) is 2.92. The fraction of sp³-hybridized carbons (Fsp3) is 1.00. The molecule has 3 nitrogen and oxygen atoms in total. The van der Waals surface area contributed by atoms with E-state index >= 15 is 0 Å². The van der Waals surface area contributed by atoms with Crippen LogP contribution in [0.25, 0.3) is 0 Å². The second kappa shape index (κ2) is 4.73. The molecule has 3 N–H and O–H groups in total. The Hall–Kier alpha value is -0.120. The van der Waals surface area contributed by atoms with Gasteiger partial charge in [0, 0.05) is 6.54 Å². The van der Waals surface area contributed by atoms with E-state index in [1.54, 1.807) is 0 Å². The average Bonchev–Trinajstić information content (AvgIpc) is 1.59. The van der Waals surface area contributed by atoms with Crippen LogP contribution >= 0.6 is 0 Å². The van der Waals surface area contributed by atoms with E-state index in [-0.39, 0.29) is 5.48 Å². The van der Waals surface area contributed by atoms with E-state index in [1.807, 2.05) is 0 Å². The molecule has 0 aromatic rings. The first kappa shape index (κ1) is 11.6. The zero-order valence-corrected chi connectivity index (χ0v) is 6.86. The standard InChI is InChI=1S/C6H17N2.H2O/c1-5-6-7-8(2,3)4;/h7H,5-6H2,1-4H3;1H2/q+1;. The van der Waals surface area contributed by atoms with E-state index in [9.17, 15) is 0 Å². The average molecular weight is 135 g/mol. The maximum Gasteiger partial charge on any atom is 0.0853 e. The van der Waals surface area contributed by atoms with Gasteiger partial charge in [0.1, 0.15) is 0 Å². The molecule has 0 aromatic heterocycles. The van der Waals surface area contributed by atoms with E-state index in [0.717, 1.165) is 11.1 Å². The van der Waals surface area contributed by atoms with Crippen LogP contribution in [0, 0.1) is 0 Å². The Morgan fingerprint density at radius 1 is 1.22 bits per heavy atom. The number of rotatable bonds is 3. The van der Waals surface area contributed by atoms with E-state index in [2.05, 4.69) is 33.5 Å². The first-order chi connectivity index (χ1) is 3.56. The van der Waals surface area contributed by atoms with Crippen molar-refractivity contribution in [1.29, 1.82) is 0 Å². The number of hydrogen-bond donors (Lipinski definition) is 1. The highest BCUT2D eigenvalue weighted by Gasteiger charge is 2.01. The molecule has 0 spiro atoms. The summed E-state index contributed by atoms with van der Waals surface area (Å²) in [6, 6.07) is 0. The van der Waals surface area contributed by atoms with Gasteiger partial charge in [-0.3, -0.25) is 4.59 Å². The smallest absolute Gasteiger partial charge is 0.0853 e. The quantitative estimate of drug-likeness (QED) is 0.422. The first-order valence-electron chi connectivity index (χ1n) is 3.13. The SMILES string of the molecule is CCCN[N+](C)(C)C.O. The minimum atomic E-state index is 0. The van der Waals surface area contributed by atoms with Gasteiger partial charge in [-0.25, -0.2) is 0 Å². The van der Waals surface area contributed by atoms with Gasteiger partial charge in [-0.05, 0) is 6.42 Å². The lowest BCUT2D eigenvalue weighted by Crippen LogP contribution is -2.48. The third-order valence-corrected chi connectivity index (χ3v) is 0.836. The van der Waals surface area contributed by atoms with E-state index in [1.165, 1.54) is 6.42 Å². The Kier molecular flexibility index (Phi) is 6.12. The fourth-order valence-corrected chi connectivity index (χ4v) is 0.447. The van der Waals surface area contributed by atoms with Crippen LogP contribution in [0.15, 0.2) is 0 Å². The van der Waals surface area contributed by atoms with Crippen LogP contribution in [0.2, 0.25) is 0 Å². The molecule has 0 unspecified atom stereocenters. The summed E-state index contributed by atoms with van der Waals surface area (Å²) in [5, 5.41) is 0. The zero-order chi connectivity index (χ0) is 6.62. The molecule has 0 aliphatic rings. The summed E-state index contributed by atoms with van der Waals surface area (Å²) in [6.07, 6.45) is 1.20. The van der Waals surface area contributed by atoms with Crippen LogP contribution in [-0.4, -0.2) is 37.8 Å². The highest BCUT2D eigenvalue weighted by molar-refractivity contribution is 4.25. The molecular weight excluding hydrogens is 116 g/mol. The molecule has 0 amide bonds. The number of hydrogen-bond acceptors (Lipinski definition) is 1. The van der Waals surface area contributed by atoms with Gasteiger partial charge in [0.05, 0.1) is 21.1 Å². The molecule has 0 rings (SSSR count). The molecule has 3 heteroatoms. The molecule has 58 valence electrons. The Balaban J connectivity index is 0. The molecule has 0 saturated heterocycles. The molecule has 0 aromatic carbocycles. The molecule has 0 saturated carbocycles. The van der Waals surface area contributed by atoms with Gasteiger partial charge >= 0.3 is 0 Å². The predicted molar refractivity (Wildman–Crippen MR) is 39.9 cm³/mol. The van der Waals surface area contributed by atoms with Crippen LogP contribution in [0.4, 0.5) is 0 Å². The van der Waals surface area contributed by atoms with E-state index in [4.69, 9.17) is 0 Å². The van der Waals surface area contributed by atoms with Crippen molar-refractivity contribution in [2.45, 2.75) is 13.3 Å². The topological polar surface area (TPSA) is 43.5 Å². The molecule has 0 fully saturated rings. The van der Waals surface area contributed by atoms with Gasteiger partial charge < -0.3 is 5.48 Å². The van der Waals surface area contributed by atoms with Crippen LogP contribution in [-0.2, 0) is 0 Å². The van der Waals surface area contributed by atoms with Gasteiger partial charge in [0.25, 0.3) is 0 Å². The summed E-state index contributed by atoms with van der Waals surface area (Å²) in [5.74, 6) is 0. The van der Waals surface area contributed by atoms with Crippen molar-refractivity contribution in [2.24, 2.45) is 0 Å². The van der Waals surface area contributed by atoms with Crippen molar-refractivity contribution in [3.8, 4) is 0 Å². The monoisotopic (exact) mass is 135 g/mol. The van der Waals surface area contributed by atoms with Crippen LogP contribution in [0.5, 0.6) is 0 Å². The van der Waals surface area contributed by atoms with Gasteiger partial charge in [-0.1, -0.05) is 6.92 Å². The largest absolute Gasteiger partial charge is 0.412 e. The van der Waals surface area contributed by atoms with Crippen molar-refractivity contribution in [3.05, 3.63) is 0 Å². The van der Waals surface area contributed by atoms with E-state index < -0.39 is 0 Å². The Morgan fingerprint density at radius 3 is 1.78 bits per heavy atom. The molecule has 0 aliphatic heterocycles. The summed E-state index contributed by atoms with van der Waals surface area (Å²) in [4.78, 5) is 0. The third-order valence-electron chi connectivity index (χ3n) is 0.836. The highest BCUT2D eigenvalue weighted by Crippen LogP contribution is 1.80. The molecule has 0 radical (unpaired) electrons. The normalized spacial score (nSPS) is 10.7. The third kappa shape index (κ3) is 11.4. The fourth-order valence-electron chi connectivity index (χ4n) is 0.447. The van der Waals surface area contributed by atoms with Crippen molar-refractivity contribution in [1.82, 2.24) is 5.43 Å². The number of quaternary nitrogens is 1. The maximum absolute atomic E-state index is 3.31. The van der Waals surface area contributed by atoms with Crippen LogP contribution < -0.4 is 5.43 Å². The summed E-state index contributed by atoms with van der Waals surface area (Å²) >= 11 is 0. The number of nitrogens with one attached hydrogen (secondary N) is 1. The van der Waals surface area contributed by atoms with Gasteiger partial charge in [0.2, 0.25) is 0 Å². The van der Waals surface area contributed by atoms with Gasteiger partial charge in [-0.2, -0.15) is 5.43 Å². The van der Waals surface area contributed by atoms with Gasteiger partial charge in [0.15, 0.2) is 0 Å². The molecule has 0 aliphatic carbocycles. The van der Waals surface area contributed by atoms with Crippen LogP contribution in [0.1, 0.15) is 13.3 Å². The van der Waals surface area contributed by atoms with Crippen molar-refractivity contribution < 1.29 is 10.1 Å². The lowest BCUT2D eigenvalue weighted by molar-refractivity contribution is -0.915. The summed E-state index contributed by atoms with van der Waals surface area (Å²) in [6.45, 7) is 3.27. The Morgan fingerprint density at radius 2 is 1.67 bits per heavy atom. The van der Waals surface area contributed by atoms with Crippen LogP contribution in [0.3, 0.4) is 0 Å². The second-order valence-electron chi connectivity index (χ2n) is 2.92. The molecule has 9 heavy (non-hydrogen) atoms. The van der Waals surface area contributed by atoms with Crippen molar-refractivity contribution in [2.75, 3.05) is 27.7 Å². The summed E-state index contributed by atoms with van der Waals surface area (Å²) in [5.41, 5.74) is 3.31. The van der Waals surface area contributed by atoms with Crippen molar-refractivity contribution in [3.63, 3.8) is 0 Å². The predicted octanol–water partition coefficient (Wildman–Crippen LogP) is -0.218. The molecule has 0 heterocycles. The lowest BCUT2D eigenvalue weighted by atomic mass is 10.5. The zero-order valence-electron chi connectivity index (χ0n) is 6.86. The van der Waals surface area contributed by atoms with Crippen molar-refractivity contribution >= 4 is 0 Å².